The number of nitrogens with one attached hydrogen (secondary N) is 1. The van der Waals surface area contributed by atoms with Crippen molar-refractivity contribution in [2.45, 2.75) is 32.2 Å². The third-order valence-corrected chi connectivity index (χ3v) is 6.89. The molecule has 0 bridgehead atoms. The Bertz CT molecular complexity index is 1050. The first-order valence-corrected chi connectivity index (χ1v) is 11.8. The van der Waals surface area contributed by atoms with Crippen molar-refractivity contribution in [3.05, 3.63) is 82.0 Å². The molecule has 0 unspecified atom stereocenters. The summed E-state index contributed by atoms with van der Waals surface area (Å²) in [5.41, 5.74) is 2.87. The van der Waals surface area contributed by atoms with Crippen molar-refractivity contribution in [2.75, 3.05) is 18.6 Å². The van der Waals surface area contributed by atoms with Crippen molar-refractivity contribution in [3.63, 3.8) is 0 Å². The standard InChI is InChI=1S/C26H28N2O3S/c1-18-5-9-20(10-6-18)28-24(29)14-13-23(25(28)19-7-11-21(31-2)12-8-19)26(30)27-16-15-22-4-3-17-32-22/h3-12,17,23,25H,13-16H2,1-2H3,(H,27,30)/t23-,25+/m0/s1. The number of anilines is 1. The van der Waals surface area contributed by atoms with E-state index in [0.717, 1.165) is 29.0 Å². The van der Waals surface area contributed by atoms with E-state index in [4.69, 9.17) is 4.74 Å². The minimum atomic E-state index is -0.369. The molecule has 1 fully saturated rings. The number of thiophene rings is 1. The second-order valence-corrected chi connectivity index (χ2v) is 9.12. The quantitative estimate of drug-likeness (QED) is 0.559. The van der Waals surface area contributed by atoms with Crippen molar-refractivity contribution in [1.29, 1.82) is 0 Å². The molecule has 0 saturated carbocycles. The summed E-state index contributed by atoms with van der Waals surface area (Å²) in [5.74, 6) is 0.449. The zero-order chi connectivity index (χ0) is 22.5. The van der Waals surface area contributed by atoms with Crippen LogP contribution in [0.5, 0.6) is 5.75 Å². The molecule has 0 aliphatic carbocycles. The fraction of sp³-hybridized carbons (Fsp3) is 0.308. The van der Waals surface area contributed by atoms with Gasteiger partial charge in [-0.2, -0.15) is 0 Å². The van der Waals surface area contributed by atoms with E-state index < -0.39 is 0 Å². The molecule has 5 nitrogen and oxygen atoms in total. The lowest BCUT2D eigenvalue weighted by Crippen LogP contribution is -2.48. The highest BCUT2D eigenvalue weighted by Crippen LogP contribution is 2.40. The number of carbonyl (C=O) groups excluding carboxylic acids is 2. The van der Waals surface area contributed by atoms with E-state index in [1.165, 1.54) is 4.88 Å². The molecule has 1 saturated heterocycles. The van der Waals surface area contributed by atoms with Crippen LogP contribution in [0.2, 0.25) is 0 Å². The zero-order valence-corrected chi connectivity index (χ0v) is 19.2. The van der Waals surface area contributed by atoms with E-state index in [1.54, 1.807) is 23.3 Å². The highest BCUT2D eigenvalue weighted by atomic mass is 32.1. The van der Waals surface area contributed by atoms with Gasteiger partial charge in [0.2, 0.25) is 11.8 Å². The maximum Gasteiger partial charge on any atom is 0.227 e. The minimum absolute atomic E-state index is 0.00742. The first-order chi connectivity index (χ1) is 15.6. The second-order valence-electron chi connectivity index (χ2n) is 8.08. The van der Waals surface area contributed by atoms with Crippen LogP contribution < -0.4 is 15.0 Å². The van der Waals surface area contributed by atoms with E-state index in [0.29, 0.717) is 19.4 Å². The highest BCUT2D eigenvalue weighted by Gasteiger charge is 2.41. The molecule has 0 radical (unpaired) electrons. The number of piperidine rings is 1. The lowest BCUT2D eigenvalue weighted by Gasteiger charge is -2.41. The van der Waals surface area contributed by atoms with Gasteiger partial charge in [-0.3, -0.25) is 9.59 Å². The van der Waals surface area contributed by atoms with Crippen LogP contribution in [0, 0.1) is 12.8 Å². The SMILES string of the molecule is COc1ccc([C@@H]2[C@@H](C(=O)NCCc3cccs3)CCC(=O)N2c2ccc(C)cc2)cc1. The lowest BCUT2D eigenvalue weighted by molar-refractivity contribution is -0.129. The molecule has 1 aliphatic heterocycles. The summed E-state index contributed by atoms with van der Waals surface area (Å²) in [6.45, 7) is 2.61. The van der Waals surface area contributed by atoms with Crippen molar-refractivity contribution in [2.24, 2.45) is 5.92 Å². The maximum absolute atomic E-state index is 13.3. The van der Waals surface area contributed by atoms with Gasteiger partial charge in [-0.15, -0.1) is 11.3 Å². The zero-order valence-electron chi connectivity index (χ0n) is 18.4. The van der Waals surface area contributed by atoms with Crippen LogP contribution in [-0.2, 0) is 16.0 Å². The molecule has 1 aromatic heterocycles. The topological polar surface area (TPSA) is 58.6 Å². The Balaban J connectivity index is 1.62. The molecule has 2 atom stereocenters. The average molecular weight is 449 g/mol. The van der Waals surface area contributed by atoms with E-state index >= 15 is 0 Å². The van der Waals surface area contributed by atoms with Crippen molar-refractivity contribution >= 4 is 28.8 Å². The van der Waals surface area contributed by atoms with Gasteiger partial charge >= 0.3 is 0 Å². The fourth-order valence-electron chi connectivity index (χ4n) is 4.25. The molecule has 1 N–H and O–H groups in total. The third-order valence-electron chi connectivity index (χ3n) is 5.95. The van der Waals surface area contributed by atoms with Crippen LogP contribution in [-0.4, -0.2) is 25.5 Å². The lowest BCUT2D eigenvalue weighted by atomic mass is 9.83. The average Bonchev–Trinajstić information content (AvgIpc) is 3.33. The van der Waals surface area contributed by atoms with Gasteiger partial charge in [0.25, 0.3) is 0 Å². The number of amides is 2. The molecular formula is C26H28N2O3S. The van der Waals surface area contributed by atoms with Gasteiger partial charge in [0.1, 0.15) is 5.75 Å². The molecule has 166 valence electrons. The van der Waals surface area contributed by atoms with E-state index in [1.807, 2.05) is 66.9 Å². The van der Waals surface area contributed by atoms with Crippen molar-refractivity contribution in [1.82, 2.24) is 5.32 Å². The molecule has 32 heavy (non-hydrogen) atoms. The Kier molecular flexibility index (Phi) is 6.90. The molecular weight excluding hydrogens is 420 g/mol. The summed E-state index contributed by atoms with van der Waals surface area (Å²) in [7, 11) is 1.63. The minimum Gasteiger partial charge on any atom is -0.497 e. The summed E-state index contributed by atoms with van der Waals surface area (Å²) in [5, 5.41) is 5.16. The van der Waals surface area contributed by atoms with Crippen LogP contribution in [0.1, 0.15) is 34.9 Å². The van der Waals surface area contributed by atoms with Gasteiger partial charge < -0.3 is 15.0 Å². The summed E-state index contributed by atoms with van der Waals surface area (Å²) in [6.07, 6.45) is 1.69. The monoisotopic (exact) mass is 448 g/mol. The molecule has 3 aromatic rings. The second kappa shape index (κ2) is 10.0. The summed E-state index contributed by atoms with van der Waals surface area (Å²) in [6, 6.07) is 19.3. The van der Waals surface area contributed by atoms with Crippen LogP contribution in [0.25, 0.3) is 0 Å². The Morgan fingerprint density at radius 3 is 2.53 bits per heavy atom. The van der Waals surface area contributed by atoms with Crippen LogP contribution in [0.4, 0.5) is 5.69 Å². The Hall–Kier alpha value is -3.12. The summed E-state index contributed by atoms with van der Waals surface area (Å²) >= 11 is 1.69. The molecule has 2 amide bonds. The van der Waals surface area contributed by atoms with Crippen LogP contribution in [0.3, 0.4) is 0 Å². The van der Waals surface area contributed by atoms with Gasteiger partial charge in [-0.05, 0) is 61.0 Å². The first-order valence-electron chi connectivity index (χ1n) is 10.9. The Morgan fingerprint density at radius 2 is 1.88 bits per heavy atom. The van der Waals surface area contributed by atoms with Gasteiger partial charge in [0, 0.05) is 23.5 Å². The number of hydrogen-bond acceptors (Lipinski definition) is 4. The predicted molar refractivity (Wildman–Crippen MR) is 128 cm³/mol. The van der Waals surface area contributed by atoms with Crippen LogP contribution in [0.15, 0.2) is 66.0 Å². The smallest absolute Gasteiger partial charge is 0.227 e. The third kappa shape index (κ3) is 4.86. The predicted octanol–water partition coefficient (Wildman–Crippen LogP) is 4.91. The molecule has 2 aromatic carbocycles. The number of nitrogens with zero attached hydrogens (tertiary/aromatic N) is 1. The number of ether oxygens (including phenoxy) is 1. The Morgan fingerprint density at radius 1 is 1.12 bits per heavy atom. The van der Waals surface area contributed by atoms with E-state index in [9.17, 15) is 9.59 Å². The Labute approximate surface area is 193 Å². The number of aryl methyl sites for hydroxylation is 1. The number of rotatable bonds is 7. The first kappa shape index (κ1) is 22.1. The van der Waals surface area contributed by atoms with E-state index in [-0.39, 0.29) is 23.8 Å². The molecule has 6 heteroatoms. The number of benzene rings is 2. The van der Waals surface area contributed by atoms with Crippen LogP contribution >= 0.6 is 11.3 Å². The molecule has 2 heterocycles. The number of hydrogen-bond donors (Lipinski definition) is 1. The van der Waals surface area contributed by atoms with Crippen molar-refractivity contribution < 1.29 is 14.3 Å². The number of methoxy groups -OCH3 is 1. The van der Waals surface area contributed by atoms with Gasteiger partial charge in [-0.25, -0.2) is 0 Å². The summed E-state index contributed by atoms with van der Waals surface area (Å²) in [4.78, 5) is 29.4. The highest BCUT2D eigenvalue weighted by molar-refractivity contribution is 7.09. The summed E-state index contributed by atoms with van der Waals surface area (Å²) < 4.78 is 5.31. The molecule has 1 aliphatic rings. The van der Waals surface area contributed by atoms with Gasteiger partial charge in [0.15, 0.2) is 0 Å². The largest absolute Gasteiger partial charge is 0.497 e. The maximum atomic E-state index is 13.3. The van der Waals surface area contributed by atoms with Crippen molar-refractivity contribution in [3.8, 4) is 5.75 Å². The van der Waals surface area contributed by atoms with Gasteiger partial charge in [0.05, 0.1) is 19.1 Å². The number of carbonyl (C=O) groups is 2. The van der Waals surface area contributed by atoms with E-state index in [2.05, 4.69) is 11.4 Å². The molecule has 0 spiro atoms. The molecule has 4 rings (SSSR count). The normalized spacial score (nSPS) is 18.4. The fourth-order valence-corrected chi connectivity index (χ4v) is 4.96. The van der Waals surface area contributed by atoms with Gasteiger partial charge in [-0.1, -0.05) is 35.9 Å².